The van der Waals surface area contributed by atoms with E-state index in [9.17, 15) is 9.59 Å². The van der Waals surface area contributed by atoms with Crippen LogP contribution in [0.15, 0.2) is 0 Å². The number of hydrogen-bond acceptors (Lipinski definition) is 3. The highest BCUT2D eigenvalue weighted by Crippen LogP contribution is 2.05. The average molecular weight is 186 g/mol. The zero-order valence-corrected chi connectivity index (χ0v) is 7.45. The second-order valence-electron chi connectivity index (χ2n) is 3.15. The van der Waals surface area contributed by atoms with Gasteiger partial charge in [0, 0.05) is 0 Å². The molecule has 0 unspecified atom stereocenters. The van der Waals surface area contributed by atoms with Crippen LogP contribution in [0.2, 0.25) is 0 Å². The van der Waals surface area contributed by atoms with Gasteiger partial charge in [-0.3, -0.25) is 14.5 Å². The molecule has 0 aromatic heterocycles. The van der Waals surface area contributed by atoms with Gasteiger partial charge in [-0.1, -0.05) is 0 Å². The van der Waals surface area contributed by atoms with Crippen molar-refractivity contribution in [1.29, 1.82) is 0 Å². The molecule has 1 fully saturated rings. The zero-order valence-electron chi connectivity index (χ0n) is 7.45. The first-order valence-corrected chi connectivity index (χ1v) is 4.39. The van der Waals surface area contributed by atoms with Crippen molar-refractivity contribution in [2.75, 3.05) is 26.2 Å². The van der Waals surface area contributed by atoms with Crippen LogP contribution >= 0.6 is 0 Å². The molecule has 1 saturated heterocycles. The summed E-state index contributed by atoms with van der Waals surface area (Å²) in [7, 11) is 0. The maximum Gasteiger partial charge on any atom is 0.322 e. The Balaban J connectivity index is 2.13. The highest BCUT2D eigenvalue weighted by Gasteiger charge is 2.14. The first-order chi connectivity index (χ1) is 6.18. The van der Waals surface area contributed by atoms with Gasteiger partial charge in [0.15, 0.2) is 0 Å². The summed E-state index contributed by atoms with van der Waals surface area (Å²) in [5.41, 5.74) is 0. The van der Waals surface area contributed by atoms with Gasteiger partial charge in [-0.15, -0.1) is 0 Å². The minimum absolute atomic E-state index is 0.204. The lowest BCUT2D eigenvalue weighted by Gasteiger charge is -2.12. The van der Waals surface area contributed by atoms with Gasteiger partial charge in [-0.2, -0.15) is 0 Å². The molecular weight excluding hydrogens is 172 g/mol. The molecular formula is C8H14N2O3. The van der Waals surface area contributed by atoms with Crippen LogP contribution in [0.3, 0.4) is 0 Å². The van der Waals surface area contributed by atoms with Crippen LogP contribution in [-0.2, 0) is 9.59 Å². The van der Waals surface area contributed by atoms with Crippen LogP contribution < -0.4 is 5.32 Å². The Labute approximate surface area is 76.7 Å². The quantitative estimate of drug-likeness (QED) is 0.608. The standard InChI is InChI=1S/C8H14N2O3/c11-7(9-5-8(12)13)6-10-3-1-2-4-10/h1-6H2,(H,9,11)(H,12,13). The summed E-state index contributed by atoms with van der Waals surface area (Å²) in [6.07, 6.45) is 2.26. The largest absolute Gasteiger partial charge is 0.480 e. The van der Waals surface area contributed by atoms with Gasteiger partial charge in [0.1, 0.15) is 6.54 Å². The normalized spacial score (nSPS) is 17.2. The monoisotopic (exact) mass is 186 g/mol. The number of nitrogens with zero attached hydrogens (tertiary/aromatic N) is 1. The molecule has 2 N–H and O–H groups in total. The summed E-state index contributed by atoms with van der Waals surface area (Å²) in [5, 5.41) is 10.6. The van der Waals surface area contributed by atoms with Crippen LogP contribution in [-0.4, -0.2) is 48.1 Å². The van der Waals surface area contributed by atoms with Crippen LogP contribution in [0.4, 0.5) is 0 Å². The summed E-state index contributed by atoms with van der Waals surface area (Å²) < 4.78 is 0. The number of amides is 1. The molecule has 1 aliphatic heterocycles. The lowest BCUT2D eigenvalue weighted by atomic mass is 10.4. The number of carbonyl (C=O) groups excluding carboxylic acids is 1. The van der Waals surface area contributed by atoms with E-state index in [1.165, 1.54) is 0 Å². The minimum Gasteiger partial charge on any atom is -0.480 e. The van der Waals surface area contributed by atoms with Crippen molar-refractivity contribution in [2.45, 2.75) is 12.8 Å². The fourth-order valence-corrected chi connectivity index (χ4v) is 1.37. The molecule has 0 aromatic carbocycles. The predicted molar refractivity (Wildman–Crippen MR) is 46.3 cm³/mol. The van der Waals surface area contributed by atoms with Gasteiger partial charge in [0.2, 0.25) is 5.91 Å². The molecule has 0 bridgehead atoms. The summed E-state index contributed by atoms with van der Waals surface area (Å²) in [5.74, 6) is -1.21. The van der Waals surface area contributed by atoms with Crippen molar-refractivity contribution in [2.24, 2.45) is 0 Å². The molecule has 74 valence electrons. The van der Waals surface area contributed by atoms with Crippen molar-refractivity contribution in [3.8, 4) is 0 Å². The highest BCUT2D eigenvalue weighted by atomic mass is 16.4. The van der Waals surface area contributed by atoms with E-state index in [4.69, 9.17) is 5.11 Å². The third-order valence-electron chi connectivity index (χ3n) is 2.00. The average Bonchev–Trinajstić information content (AvgIpc) is 2.53. The fraction of sp³-hybridized carbons (Fsp3) is 0.750. The second kappa shape index (κ2) is 4.81. The lowest BCUT2D eigenvalue weighted by Crippen LogP contribution is -2.38. The number of carboxylic acids is 1. The van der Waals surface area contributed by atoms with E-state index in [2.05, 4.69) is 5.32 Å². The van der Waals surface area contributed by atoms with Crippen LogP contribution in [0, 0.1) is 0 Å². The molecule has 1 rings (SSSR count). The third-order valence-corrected chi connectivity index (χ3v) is 2.00. The smallest absolute Gasteiger partial charge is 0.322 e. The number of likely N-dealkylation sites (tertiary alicyclic amines) is 1. The van der Waals surface area contributed by atoms with Crippen molar-refractivity contribution >= 4 is 11.9 Å². The van der Waals surface area contributed by atoms with Gasteiger partial charge >= 0.3 is 5.97 Å². The Morgan fingerprint density at radius 3 is 2.46 bits per heavy atom. The fourth-order valence-electron chi connectivity index (χ4n) is 1.37. The van der Waals surface area contributed by atoms with Crippen molar-refractivity contribution < 1.29 is 14.7 Å². The zero-order chi connectivity index (χ0) is 9.68. The molecule has 1 aliphatic rings. The summed E-state index contributed by atoms with van der Waals surface area (Å²) in [6, 6.07) is 0. The molecule has 13 heavy (non-hydrogen) atoms. The van der Waals surface area contributed by atoms with E-state index < -0.39 is 5.97 Å². The third kappa shape index (κ3) is 3.89. The Morgan fingerprint density at radius 1 is 1.31 bits per heavy atom. The van der Waals surface area contributed by atoms with Gasteiger partial charge < -0.3 is 10.4 Å². The Morgan fingerprint density at radius 2 is 1.92 bits per heavy atom. The van der Waals surface area contributed by atoms with E-state index in [-0.39, 0.29) is 12.5 Å². The SMILES string of the molecule is O=C(O)CNC(=O)CN1CCCC1. The van der Waals surface area contributed by atoms with Crippen molar-refractivity contribution in [3.05, 3.63) is 0 Å². The first-order valence-electron chi connectivity index (χ1n) is 4.39. The number of rotatable bonds is 4. The van der Waals surface area contributed by atoms with Crippen molar-refractivity contribution in [1.82, 2.24) is 10.2 Å². The number of aliphatic carboxylic acids is 1. The van der Waals surface area contributed by atoms with Crippen LogP contribution in [0.25, 0.3) is 0 Å². The molecule has 0 aliphatic carbocycles. The number of hydrogen-bond donors (Lipinski definition) is 2. The van der Waals surface area contributed by atoms with E-state index in [0.717, 1.165) is 25.9 Å². The van der Waals surface area contributed by atoms with Crippen LogP contribution in [0.1, 0.15) is 12.8 Å². The van der Waals surface area contributed by atoms with Gasteiger partial charge in [0.25, 0.3) is 0 Å². The molecule has 0 radical (unpaired) electrons. The molecule has 1 heterocycles. The Bertz CT molecular complexity index is 200. The van der Waals surface area contributed by atoms with Gasteiger partial charge in [-0.25, -0.2) is 0 Å². The maximum absolute atomic E-state index is 11.1. The van der Waals surface area contributed by atoms with Crippen LogP contribution in [0.5, 0.6) is 0 Å². The molecule has 0 atom stereocenters. The molecule has 1 amide bonds. The van der Waals surface area contributed by atoms with E-state index in [0.29, 0.717) is 6.54 Å². The van der Waals surface area contributed by atoms with Gasteiger partial charge in [0.05, 0.1) is 6.54 Å². The van der Waals surface area contributed by atoms with E-state index >= 15 is 0 Å². The van der Waals surface area contributed by atoms with E-state index in [1.54, 1.807) is 0 Å². The number of carboxylic acid groups (broad SMARTS) is 1. The number of carbonyl (C=O) groups is 2. The predicted octanol–water partition coefficient (Wildman–Crippen LogP) is -0.717. The summed E-state index contributed by atoms with van der Waals surface area (Å²) >= 11 is 0. The Hall–Kier alpha value is -1.10. The minimum atomic E-state index is -1.00. The molecule has 5 nitrogen and oxygen atoms in total. The second-order valence-corrected chi connectivity index (χ2v) is 3.15. The van der Waals surface area contributed by atoms with E-state index in [1.807, 2.05) is 4.90 Å². The number of nitrogens with one attached hydrogen (secondary N) is 1. The molecule has 0 saturated carbocycles. The molecule has 0 spiro atoms. The topological polar surface area (TPSA) is 69.6 Å². The summed E-state index contributed by atoms with van der Waals surface area (Å²) in [6.45, 7) is 1.93. The van der Waals surface area contributed by atoms with Crippen molar-refractivity contribution in [3.63, 3.8) is 0 Å². The first kappa shape index (κ1) is 9.98. The highest BCUT2D eigenvalue weighted by molar-refractivity contribution is 5.82. The Kier molecular flexibility index (Phi) is 3.70. The molecule has 5 heteroatoms. The summed E-state index contributed by atoms with van der Waals surface area (Å²) in [4.78, 5) is 23.2. The lowest BCUT2D eigenvalue weighted by molar-refractivity contribution is -0.138. The maximum atomic E-state index is 11.1. The molecule has 0 aromatic rings. The van der Waals surface area contributed by atoms with Gasteiger partial charge in [-0.05, 0) is 25.9 Å².